The lowest BCUT2D eigenvalue weighted by Gasteiger charge is -2.22. The molecule has 19 heavy (non-hydrogen) atoms. The van der Waals surface area contributed by atoms with Crippen LogP contribution in [0.2, 0.25) is 0 Å². The molecule has 1 atom stereocenters. The van der Waals surface area contributed by atoms with Crippen LogP contribution in [0.25, 0.3) is 0 Å². The minimum Gasteiger partial charge on any atom is -0.493 e. The van der Waals surface area contributed by atoms with Gasteiger partial charge in [-0.2, -0.15) is 0 Å². The van der Waals surface area contributed by atoms with Gasteiger partial charge in [0.2, 0.25) is 5.75 Å². The Hall–Kier alpha value is -1.46. The molecule has 1 aromatic carbocycles. The molecular formula is C14H23NO4. The van der Waals surface area contributed by atoms with Crippen LogP contribution in [0.15, 0.2) is 12.1 Å². The van der Waals surface area contributed by atoms with Crippen LogP contribution in [0.5, 0.6) is 17.2 Å². The minimum atomic E-state index is 0.0461. The first-order chi connectivity index (χ1) is 9.23. The molecule has 0 aliphatic carbocycles. The van der Waals surface area contributed by atoms with Gasteiger partial charge in [-0.05, 0) is 18.7 Å². The Bertz CT molecular complexity index is 389. The fourth-order valence-electron chi connectivity index (χ4n) is 2.07. The number of ether oxygens (including phenoxy) is 4. The van der Waals surface area contributed by atoms with Crippen molar-refractivity contribution in [2.45, 2.75) is 13.0 Å². The third-order valence-electron chi connectivity index (χ3n) is 2.89. The fraction of sp³-hybridized carbons (Fsp3) is 0.571. The summed E-state index contributed by atoms with van der Waals surface area (Å²) in [7, 11) is 6.50. The van der Waals surface area contributed by atoms with E-state index in [4.69, 9.17) is 18.9 Å². The van der Waals surface area contributed by atoms with Crippen LogP contribution < -0.4 is 19.5 Å². The monoisotopic (exact) mass is 269 g/mol. The number of benzene rings is 1. The van der Waals surface area contributed by atoms with E-state index >= 15 is 0 Å². The summed E-state index contributed by atoms with van der Waals surface area (Å²) >= 11 is 0. The molecule has 0 aliphatic rings. The van der Waals surface area contributed by atoms with E-state index < -0.39 is 0 Å². The first-order valence-corrected chi connectivity index (χ1v) is 6.24. The molecule has 5 heteroatoms. The molecule has 0 amide bonds. The van der Waals surface area contributed by atoms with Crippen molar-refractivity contribution in [3.63, 3.8) is 0 Å². The molecule has 0 saturated heterocycles. The van der Waals surface area contributed by atoms with Crippen molar-refractivity contribution in [1.82, 2.24) is 5.32 Å². The van der Waals surface area contributed by atoms with Crippen LogP contribution in [0.1, 0.15) is 18.5 Å². The van der Waals surface area contributed by atoms with Crippen LogP contribution in [0, 0.1) is 0 Å². The quantitative estimate of drug-likeness (QED) is 0.782. The van der Waals surface area contributed by atoms with E-state index in [0.29, 0.717) is 23.9 Å². The summed E-state index contributed by atoms with van der Waals surface area (Å²) in [6.07, 6.45) is 0. The molecular weight excluding hydrogens is 246 g/mol. The molecule has 1 N–H and O–H groups in total. The van der Waals surface area contributed by atoms with E-state index in [9.17, 15) is 0 Å². The zero-order chi connectivity index (χ0) is 14.3. The Labute approximate surface area is 114 Å². The molecule has 0 heterocycles. The van der Waals surface area contributed by atoms with Crippen LogP contribution in [0.3, 0.4) is 0 Å². The number of hydrogen-bond donors (Lipinski definition) is 1. The number of methoxy groups -OCH3 is 4. The summed E-state index contributed by atoms with van der Waals surface area (Å²) < 4.78 is 21.4. The lowest BCUT2D eigenvalue weighted by Crippen LogP contribution is -2.25. The highest BCUT2D eigenvalue weighted by molar-refractivity contribution is 5.56. The van der Waals surface area contributed by atoms with E-state index in [0.717, 1.165) is 12.1 Å². The van der Waals surface area contributed by atoms with Crippen molar-refractivity contribution in [1.29, 1.82) is 0 Å². The fourth-order valence-corrected chi connectivity index (χ4v) is 2.07. The van der Waals surface area contributed by atoms with Crippen molar-refractivity contribution < 1.29 is 18.9 Å². The lowest BCUT2D eigenvalue weighted by molar-refractivity contribution is 0.166. The number of rotatable bonds is 8. The van der Waals surface area contributed by atoms with Gasteiger partial charge in [0.1, 0.15) is 0 Å². The van der Waals surface area contributed by atoms with Crippen LogP contribution >= 0.6 is 0 Å². The predicted octanol–water partition coefficient (Wildman–Crippen LogP) is 2.01. The Morgan fingerprint density at radius 1 is 1.00 bits per heavy atom. The van der Waals surface area contributed by atoms with Crippen LogP contribution in [-0.4, -0.2) is 41.6 Å². The molecule has 0 saturated carbocycles. The summed E-state index contributed by atoms with van der Waals surface area (Å²) in [4.78, 5) is 0. The molecule has 1 rings (SSSR count). The van der Waals surface area contributed by atoms with Gasteiger partial charge in [-0.3, -0.25) is 0 Å². The van der Waals surface area contributed by atoms with E-state index in [1.165, 1.54) is 0 Å². The number of likely N-dealkylation sites (N-methyl/N-ethyl adjacent to an activating group) is 1. The topological polar surface area (TPSA) is 49.0 Å². The summed E-state index contributed by atoms with van der Waals surface area (Å²) in [6, 6.07) is 3.88. The zero-order valence-electron chi connectivity index (χ0n) is 12.3. The van der Waals surface area contributed by atoms with Gasteiger partial charge < -0.3 is 24.3 Å². The van der Waals surface area contributed by atoms with E-state index in [-0.39, 0.29) is 6.04 Å². The van der Waals surface area contributed by atoms with Gasteiger partial charge in [0.05, 0.1) is 34.0 Å². The highest BCUT2D eigenvalue weighted by atomic mass is 16.5. The summed E-state index contributed by atoms with van der Waals surface area (Å²) in [5, 5.41) is 3.36. The maximum Gasteiger partial charge on any atom is 0.203 e. The van der Waals surface area contributed by atoms with Crippen LogP contribution in [0.4, 0.5) is 0 Å². The first kappa shape index (κ1) is 15.6. The van der Waals surface area contributed by atoms with Gasteiger partial charge >= 0.3 is 0 Å². The molecule has 0 fully saturated rings. The average Bonchev–Trinajstić information content (AvgIpc) is 2.45. The van der Waals surface area contributed by atoms with Gasteiger partial charge in [0.15, 0.2) is 11.5 Å². The van der Waals surface area contributed by atoms with Gasteiger partial charge in [-0.1, -0.05) is 6.92 Å². The smallest absolute Gasteiger partial charge is 0.203 e. The average molecular weight is 269 g/mol. The normalized spacial score (nSPS) is 12.1. The van der Waals surface area contributed by atoms with Crippen molar-refractivity contribution in [2.75, 3.05) is 41.6 Å². The maximum absolute atomic E-state index is 5.48. The van der Waals surface area contributed by atoms with E-state index in [2.05, 4.69) is 12.2 Å². The molecule has 0 bridgehead atoms. The molecule has 1 aromatic rings. The van der Waals surface area contributed by atoms with Crippen molar-refractivity contribution >= 4 is 0 Å². The van der Waals surface area contributed by atoms with Crippen molar-refractivity contribution in [3.8, 4) is 17.2 Å². The summed E-state index contributed by atoms with van der Waals surface area (Å²) in [5.41, 5.74) is 0.990. The van der Waals surface area contributed by atoms with Gasteiger partial charge in [-0.25, -0.2) is 0 Å². The molecule has 0 aliphatic heterocycles. The second kappa shape index (κ2) is 7.86. The zero-order valence-corrected chi connectivity index (χ0v) is 12.3. The standard InChI is InChI=1S/C14H23NO4/c1-6-15-11(9-16-2)10-7-8-12(17-3)14(19-5)13(10)18-4/h7-8,11,15H,6,9H2,1-5H3. The number of nitrogens with one attached hydrogen (secondary N) is 1. The minimum absolute atomic E-state index is 0.0461. The van der Waals surface area contributed by atoms with E-state index in [1.54, 1.807) is 28.4 Å². The van der Waals surface area contributed by atoms with Gasteiger partial charge in [-0.15, -0.1) is 0 Å². The highest BCUT2D eigenvalue weighted by Crippen LogP contribution is 2.42. The van der Waals surface area contributed by atoms with Crippen molar-refractivity contribution in [2.24, 2.45) is 0 Å². The number of hydrogen-bond acceptors (Lipinski definition) is 5. The predicted molar refractivity (Wildman–Crippen MR) is 74.4 cm³/mol. The first-order valence-electron chi connectivity index (χ1n) is 6.24. The molecule has 5 nitrogen and oxygen atoms in total. The molecule has 0 radical (unpaired) electrons. The molecule has 0 aromatic heterocycles. The third kappa shape index (κ3) is 3.52. The van der Waals surface area contributed by atoms with Gasteiger partial charge in [0.25, 0.3) is 0 Å². The van der Waals surface area contributed by atoms with Crippen LogP contribution in [-0.2, 0) is 4.74 Å². The van der Waals surface area contributed by atoms with Crippen molar-refractivity contribution in [3.05, 3.63) is 17.7 Å². The second-order valence-corrected chi connectivity index (χ2v) is 3.99. The Balaban J connectivity index is 3.24. The Morgan fingerprint density at radius 2 is 1.68 bits per heavy atom. The molecule has 0 spiro atoms. The highest BCUT2D eigenvalue weighted by Gasteiger charge is 2.21. The molecule has 1 unspecified atom stereocenters. The Morgan fingerprint density at radius 3 is 2.16 bits per heavy atom. The van der Waals surface area contributed by atoms with Gasteiger partial charge in [0, 0.05) is 12.7 Å². The molecule has 108 valence electrons. The third-order valence-corrected chi connectivity index (χ3v) is 2.89. The maximum atomic E-state index is 5.48. The summed E-state index contributed by atoms with van der Waals surface area (Å²) in [6.45, 7) is 3.45. The Kier molecular flexibility index (Phi) is 6.45. The SMILES string of the molecule is CCNC(COC)c1ccc(OC)c(OC)c1OC. The second-order valence-electron chi connectivity index (χ2n) is 3.99. The largest absolute Gasteiger partial charge is 0.493 e. The summed E-state index contributed by atoms with van der Waals surface area (Å²) in [5.74, 6) is 1.92. The lowest BCUT2D eigenvalue weighted by atomic mass is 10.0. The van der Waals surface area contributed by atoms with E-state index in [1.807, 2.05) is 12.1 Å².